The molecule has 1 aliphatic heterocycles. The van der Waals surface area contributed by atoms with Crippen LogP contribution in [0.25, 0.3) is 0 Å². The Labute approximate surface area is 166 Å². The standard InChI is InChI=1S/C22H17F2N3O2/c1-12-9-13(11-25)5-6-16(12)20-19-17(7-8-18(19)28)27(22(29)26-20)15-4-2-3-14(10-15)21(23)24/h2-6,9-10,20-21H,7-8H2,1H3,(H,26,29)/t20-/m0/s1. The molecule has 2 aliphatic rings. The second-order valence-corrected chi connectivity index (χ2v) is 7.08. The van der Waals surface area contributed by atoms with E-state index in [2.05, 4.69) is 11.4 Å². The fraction of sp³-hybridized carbons (Fsp3) is 0.227. The van der Waals surface area contributed by atoms with Crippen molar-refractivity contribution >= 4 is 17.5 Å². The third-order valence-corrected chi connectivity index (χ3v) is 5.32. The molecule has 0 saturated carbocycles. The van der Waals surface area contributed by atoms with E-state index >= 15 is 0 Å². The highest BCUT2D eigenvalue weighted by atomic mass is 19.3. The van der Waals surface area contributed by atoms with Gasteiger partial charge in [-0.1, -0.05) is 18.2 Å². The number of aryl methyl sites for hydroxylation is 1. The molecule has 29 heavy (non-hydrogen) atoms. The third-order valence-electron chi connectivity index (χ3n) is 5.32. The second-order valence-electron chi connectivity index (χ2n) is 7.08. The summed E-state index contributed by atoms with van der Waals surface area (Å²) in [7, 11) is 0. The summed E-state index contributed by atoms with van der Waals surface area (Å²) in [6, 6.07) is 11.7. The smallest absolute Gasteiger partial charge is 0.326 e. The Hall–Kier alpha value is -3.53. The predicted molar refractivity (Wildman–Crippen MR) is 102 cm³/mol. The average Bonchev–Trinajstić information content (AvgIpc) is 3.08. The maximum Gasteiger partial charge on any atom is 0.327 e. The zero-order valence-corrected chi connectivity index (χ0v) is 15.6. The van der Waals surface area contributed by atoms with Crippen LogP contribution in [0.15, 0.2) is 53.7 Å². The molecule has 1 atom stereocenters. The number of nitriles is 1. The molecule has 0 unspecified atom stereocenters. The summed E-state index contributed by atoms with van der Waals surface area (Å²) >= 11 is 0. The first-order valence-corrected chi connectivity index (χ1v) is 9.16. The van der Waals surface area contributed by atoms with Crippen LogP contribution in [0.2, 0.25) is 0 Å². The molecule has 2 aromatic rings. The molecule has 2 aromatic carbocycles. The molecule has 0 radical (unpaired) electrons. The fourth-order valence-electron chi connectivity index (χ4n) is 3.98. The number of alkyl halides is 2. The summed E-state index contributed by atoms with van der Waals surface area (Å²) < 4.78 is 26.2. The largest absolute Gasteiger partial charge is 0.327 e. The first-order valence-electron chi connectivity index (χ1n) is 9.16. The summed E-state index contributed by atoms with van der Waals surface area (Å²) in [5.74, 6) is -0.0798. The van der Waals surface area contributed by atoms with Crippen molar-refractivity contribution in [2.45, 2.75) is 32.2 Å². The van der Waals surface area contributed by atoms with Crippen molar-refractivity contribution < 1.29 is 18.4 Å². The lowest BCUT2D eigenvalue weighted by atomic mass is 9.91. The van der Waals surface area contributed by atoms with E-state index in [9.17, 15) is 18.4 Å². The predicted octanol–water partition coefficient (Wildman–Crippen LogP) is 4.69. The molecule has 4 rings (SSSR count). The van der Waals surface area contributed by atoms with Crippen LogP contribution in [-0.4, -0.2) is 11.8 Å². The number of benzene rings is 2. The van der Waals surface area contributed by atoms with Gasteiger partial charge in [0.25, 0.3) is 6.43 Å². The van der Waals surface area contributed by atoms with Gasteiger partial charge in [-0.15, -0.1) is 0 Å². The number of rotatable bonds is 3. The van der Waals surface area contributed by atoms with Gasteiger partial charge in [-0.3, -0.25) is 9.69 Å². The topological polar surface area (TPSA) is 73.2 Å². The van der Waals surface area contributed by atoms with Gasteiger partial charge in [0.15, 0.2) is 5.78 Å². The number of urea groups is 1. The molecule has 146 valence electrons. The molecular formula is C22H17F2N3O2. The fourth-order valence-corrected chi connectivity index (χ4v) is 3.98. The Morgan fingerprint density at radius 1 is 1.17 bits per heavy atom. The van der Waals surface area contributed by atoms with Crippen LogP contribution >= 0.6 is 0 Å². The van der Waals surface area contributed by atoms with Crippen LogP contribution in [0.1, 0.15) is 47.6 Å². The van der Waals surface area contributed by atoms with Gasteiger partial charge in [0.2, 0.25) is 0 Å². The number of halogens is 2. The van der Waals surface area contributed by atoms with Gasteiger partial charge in [0.1, 0.15) is 0 Å². The van der Waals surface area contributed by atoms with Gasteiger partial charge in [-0.25, -0.2) is 13.6 Å². The minimum atomic E-state index is -2.66. The van der Waals surface area contributed by atoms with E-state index in [0.717, 1.165) is 11.1 Å². The van der Waals surface area contributed by atoms with Crippen LogP contribution in [-0.2, 0) is 4.79 Å². The third kappa shape index (κ3) is 3.17. The zero-order valence-electron chi connectivity index (χ0n) is 15.6. The van der Waals surface area contributed by atoms with Crippen LogP contribution in [0.3, 0.4) is 0 Å². The molecular weight excluding hydrogens is 376 g/mol. The van der Waals surface area contributed by atoms with Crippen LogP contribution in [0.5, 0.6) is 0 Å². The summed E-state index contributed by atoms with van der Waals surface area (Å²) in [6.07, 6.45) is -2.03. The van der Waals surface area contributed by atoms with Crippen LogP contribution in [0, 0.1) is 18.3 Å². The monoisotopic (exact) mass is 393 g/mol. The van der Waals surface area contributed by atoms with E-state index in [1.54, 1.807) is 24.3 Å². The van der Waals surface area contributed by atoms with Gasteiger partial charge in [-0.2, -0.15) is 5.26 Å². The molecule has 5 nitrogen and oxygen atoms in total. The number of anilines is 1. The van der Waals surface area contributed by atoms with E-state index in [-0.39, 0.29) is 17.8 Å². The lowest BCUT2D eigenvalue weighted by molar-refractivity contribution is -0.115. The summed E-state index contributed by atoms with van der Waals surface area (Å²) in [5.41, 5.74) is 3.14. The Morgan fingerprint density at radius 2 is 1.97 bits per heavy atom. The molecule has 0 saturated heterocycles. The number of nitrogens with one attached hydrogen (secondary N) is 1. The number of hydrogen-bond donors (Lipinski definition) is 1. The Balaban J connectivity index is 1.82. The summed E-state index contributed by atoms with van der Waals surface area (Å²) in [6.45, 7) is 1.82. The highest BCUT2D eigenvalue weighted by molar-refractivity contribution is 6.08. The van der Waals surface area contributed by atoms with Crippen molar-refractivity contribution in [2.24, 2.45) is 0 Å². The maximum absolute atomic E-state index is 13.1. The van der Waals surface area contributed by atoms with Crippen molar-refractivity contribution in [3.63, 3.8) is 0 Å². The average molecular weight is 393 g/mol. The van der Waals surface area contributed by atoms with Crippen molar-refractivity contribution in [1.82, 2.24) is 5.32 Å². The number of amides is 2. The number of carbonyl (C=O) groups excluding carboxylic acids is 2. The highest BCUT2D eigenvalue weighted by Gasteiger charge is 2.41. The van der Waals surface area contributed by atoms with E-state index in [0.29, 0.717) is 28.9 Å². The molecule has 0 spiro atoms. The van der Waals surface area contributed by atoms with Crippen LogP contribution < -0.4 is 10.2 Å². The quantitative estimate of drug-likeness (QED) is 0.822. The van der Waals surface area contributed by atoms with Crippen molar-refractivity contribution in [3.8, 4) is 6.07 Å². The Bertz CT molecular complexity index is 1100. The Morgan fingerprint density at radius 3 is 2.66 bits per heavy atom. The molecule has 2 amide bonds. The van der Waals surface area contributed by atoms with Gasteiger partial charge in [-0.05, 0) is 48.7 Å². The minimum absolute atomic E-state index is 0.0798. The molecule has 1 aliphatic carbocycles. The molecule has 0 fully saturated rings. The number of nitrogens with zero attached hydrogens (tertiary/aromatic N) is 2. The molecule has 1 N–H and O–H groups in total. The SMILES string of the molecule is Cc1cc(C#N)ccc1[C@@H]1NC(=O)N(c2cccc(C(F)F)c2)C2=C1C(=O)CC2. The van der Waals surface area contributed by atoms with Crippen molar-refractivity contribution in [1.29, 1.82) is 5.26 Å². The van der Waals surface area contributed by atoms with Gasteiger partial charge in [0.05, 0.1) is 23.4 Å². The van der Waals surface area contributed by atoms with Gasteiger partial charge >= 0.3 is 6.03 Å². The van der Waals surface area contributed by atoms with Gasteiger partial charge < -0.3 is 5.32 Å². The molecule has 0 aromatic heterocycles. The summed E-state index contributed by atoms with van der Waals surface area (Å²) in [5, 5.41) is 11.9. The van der Waals surface area contributed by atoms with E-state index in [4.69, 9.17) is 5.26 Å². The number of carbonyl (C=O) groups is 2. The van der Waals surface area contributed by atoms with Gasteiger partial charge in [0, 0.05) is 23.3 Å². The molecule has 0 bridgehead atoms. The lowest BCUT2D eigenvalue weighted by Gasteiger charge is -2.35. The van der Waals surface area contributed by atoms with E-state index in [1.807, 2.05) is 6.92 Å². The second kappa shape index (κ2) is 7.13. The Kier molecular flexibility index (Phi) is 4.63. The van der Waals surface area contributed by atoms with E-state index < -0.39 is 18.5 Å². The number of hydrogen-bond acceptors (Lipinski definition) is 3. The first-order chi connectivity index (χ1) is 13.9. The summed E-state index contributed by atoms with van der Waals surface area (Å²) in [4.78, 5) is 27.0. The number of Topliss-reactive ketones (excluding diaryl/α,β-unsaturated/α-hetero) is 1. The number of allylic oxidation sites excluding steroid dienone is 1. The highest BCUT2D eigenvalue weighted by Crippen LogP contribution is 2.41. The molecule has 7 heteroatoms. The van der Waals surface area contributed by atoms with Crippen LogP contribution in [0.4, 0.5) is 19.3 Å². The normalized spacial score (nSPS) is 18.7. The van der Waals surface area contributed by atoms with Crippen molar-refractivity contribution in [3.05, 3.63) is 76.0 Å². The van der Waals surface area contributed by atoms with Crippen molar-refractivity contribution in [2.75, 3.05) is 4.90 Å². The zero-order chi connectivity index (χ0) is 20.7. The number of ketones is 1. The maximum atomic E-state index is 13.1. The minimum Gasteiger partial charge on any atom is -0.326 e. The first kappa shape index (κ1) is 18.8. The molecule has 1 heterocycles. The van der Waals surface area contributed by atoms with E-state index in [1.165, 1.54) is 23.1 Å². The lowest BCUT2D eigenvalue weighted by Crippen LogP contribution is -2.47.